The summed E-state index contributed by atoms with van der Waals surface area (Å²) in [6.07, 6.45) is 3.59. The predicted molar refractivity (Wildman–Crippen MR) is 428 cm³/mol. The maximum atomic E-state index is 13.0. The van der Waals surface area contributed by atoms with E-state index >= 15 is 0 Å². The number of para-hydroxylation sites is 8. The first-order chi connectivity index (χ1) is 56.1. The zero-order valence-corrected chi connectivity index (χ0v) is 62.8. The number of pyridine rings is 2. The zero-order chi connectivity index (χ0) is 77.1. The number of ether oxygens (including phenoxy) is 4. The lowest BCUT2D eigenvalue weighted by atomic mass is 10.1. The number of carbonyl (C=O) groups excluding carboxylic acids is 4. The fourth-order valence-electron chi connectivity index (χ4n) is 14.0. The lowest BCUT2D eigenvalue weighted by Crippen LogP contribution is -2.40. The van der Waals surface area contributed by atoms with Gasteiger partial charge < -0.3 is 43.0 Å². The Bertz CT molecular complexity index is 5640. The lowest BCUT2D eigenvalue weighted by Gasteiger charge is -2.27. The van der Waals surface area contributed by atoms with Crippen LogP contribution < -0.4 is 18.9 Å². The standard InChI is InChI=1S/2C23H20N4O2.C21H18N4O3.C21H18N4O2S/c28-23-21-14-19(16-29-20-9-2-1-3-10-20)25-27(21)13-12-26(23)15-18-7-4-6-17-8-5-11-24-22(17)18;28-23-22-14-18(16-29-19-7-2-1-3-8-19)25-27(22)13-12-26(23)15-21-20-9-5-4-6-17(20)10-11-24-21;2*26-21-18-12-15(14-27-16-6-2-1-3-7-16)23-25(18)11-10-24(21)13-20-22-17-8-4-5-9-19(17)28-20/h2*1-11,14H,12-13,15-16H2;2*1-9,12H,10-11,13-14H2. The van der Waals surface area contributed by atoms with E-state index in [-0.39, 0.29) is 23.6 Å². The van der Waals surface area contributed by atoms with Gasteiger partial charge in [0, 0.05) is 55.9 Å². The van der Waals surface area contributed by atoms with E-state index in [0.29, 0.717) is 134 Å². The summed E-state index contributed by atoms with van der Waals surface area (Å²) in [7, 11) is 0. The third-order valence-electron chi connectivity index (χ3n) is 19.7. The number of rotatable bonds is 20. The van der Waals surface area contributed by atoms with E-state index in [9.17, 15) is 19.2 Å². The summed E-state index contributed by atoms with van der Waals surface area (Å²) in [5, 5.41) is 22.3. The molecule has 0 aliphatic carbocycles. The first-order valence-corrected chi connectivity index (χ1v) is 38.4. The number of carbonyl (C=O) groups is 4. The minimum atomic E-state index is -0.0769. The Morgan fingerprint density at radius 1 is 0.351 bits per heavy atom. The van der Waals surface area contributed by atoms with Crippen LogP contribution in [0.1, 0.15) is 86.9 Å². The molecular formula is C88H76N16O9S. The Kier molecular flexibility index (Phi) is 21.4. The second-order valence-electron chi connectivity index (χ2n) is 27.4. The summed E-state index contributed by atoms with van der Waals surface area (Å²) < 4.78 is 37.0. The molecule has 0 saturated heterocycles. The van der Waals surface area contributed by atoms with Crippen LogP contribution >= 0.6 is 11.3 Å². The summed E-state index contributed by atoms with van der Waals surface area (Å²) >= 11 is 1.64. The van der Waals surface area contributed by atoms with Gasteiger partial charge in [0.05, 0.1) is 67.2 Å². The molecule has 16 aromatic rings. The molecule has 26 heteroatoms. The van der Waals surface area contributed by atoms with Crippen LogP contribution in [0.2, 0.25) is 0 Å². The predicted octanol–water partition coefficient (Wildman–Crippen LogP) is 14.3. The van der Waals surface area contributed by atoms with Crippen molar-refractivity contribution in [3.63, 3.8) is 0 Å². The normalized spacial score (nSPS) is 13.6. The Hall–Kier alpha value is -14.1. The summed E-state index contributed by atoms with van der Waals surface area (Å²) in [6.45, 7) is 8.29. The average Bonchev–Trinajstić information content (AvgIpc) is 1.65. The molecule has 25 nitrogen and oxygen atoms in total. The molecule has 568 valence electrons. The number of nitrogens with zero attached hydrogens (tertiary/aromatic N) is 16. The van der Waals surface area contributed by atoms with Gasteiger partial charge in [-0.1, -0.05) is 146 Å². The van der Waals surface area contributed by atoms with Crippen LogP contribution in [0.5, 0.6) is 23.0 Å². The highest BCUT2D eigenvalue weighted by Crippen LogP contribution is 2.29. The highest BCUT2D eigenvalue weighted by Gasteiger charge is 2.32. The fraction of sp³-hybridized carbons (Fsp3) is 0.182. The molecular weight excluding hydrogens is 1460 g/mol. The molecule has 0 saturated carbocycles. The molecule has 12 heterocycles. The van der Waals surface area contributed by atoms with Crippen molar-refractivity contribution in [2.75, 3.05) is 26.2 Å². The van der Waals surface area contributed by atoms with Gasteiger partial charge in [0.15, 0.2) is 5.58 Å². The van der Waals surface area contributed by atoms with E-state index in [1.54, 1.807) is 53.4 Å². The van der Waals surface area contributed by atoms with Crippen molar-refractivity contribution in [1.82, 2.24) is 78.7 Å². The van der Waals surface area contributed by atoms with Gasteiger partial charge in [-0.3, -0.25) is 47.9 Å². The van der Waals surface area contributed by atoms with E-state index in [1.807, 2.05) is 245 Å². The van der Waals surface area contributed by atoms with Crippen LogP contribution in [-0.4, -0.2) is 128 Å². The highest BCUT2D eigenvalue weighted by atomic mass is 32.1. The molecule has 4 amide bonds. The first kappa shape index (κ1) is 72.7. The van der Waals surface area contributed by atoms with Crippen molar-refractivity contribution in [3.8, 4) is 23.0 Å². The van der Waals surface area contributed by atoms with Gasteiger partial charge in [-0.25, -0.2) is 9.97 Å². The van der Waals surface area contributed by atoms with E-state index in [0.717, 1.165) is 105 Å². The molecule has 0 bridgehead atoms. The van der Waals surface area contributed by atoms with Crippen molar-refractivity contribution < 1.29 is 42.5 Å². The second-order valence-corrected chi connectivity index (χ2v) is 28.5. The molecule has 114 heavy (non-hydrogen) atoms. The van der Waals surface area contributed by atoms with Gasteiger partial charge in [-0.15, -0.1) is 11.3 Å². The molecule has 8 aromatic heterocycles. The summed E-state index contributed by atoms with van der Waals surface area (Å²) in [6, 6.07) is 81.5. The Balaban J connectivity index is 0.000000110. The van der Waals surface area contributed by atoms with Gasteiger partial charge in [-0.2, -0.15) is 20.4 Å². The monoisotopic (exact) mass is 1530 g/mol. The van der Waals surface area contributed by atoms with Crippen LogP contribution in [0.4, 0.5) is 0 Å². The number of hydrogen-bond donors (Lipinski definition) is 0. The van der Waals surface area contributed by atoms with E-state index in [1.165, 1.54) is 0 Å². The molecule has 0 fully saturated rings. The minimum absolute atomic E-state index is 0.0102. The molecule has 0 spiro atoms. The van der Waals surface area contributed by atoms with E-state index in [2.05, 4.69) is 58.5 Å². The quantitative estimate of drug-likeness (QED) is 0.0687. The van der Waals surface area contributed by atoms with Crippen LogP contribution in [-0.2, 0) is 78.8 Å². The molecule has 0 atom stereocenters. The van der Waals surface area contributed by atoms with Gasteiger partial charge in [0.25, 0.3) is 23.6 Å². The smallest absolute Gasteiger partial charge is 0.272 e. The Labute approximate surface area is 658 Å². The molecule has 4 aliphatic rings. The maximum Gasteiger partial charge on any atom is 0.272 e. The van der Waals surface area contributed by atoms with Crippen molar-refractivity contribution in [2.45, 2.75) is 78.8 Å². The second kappa shape index (κ2) is 33.6. The first-order valence-electron chi connectivity index (χ1n) is 37.6. The van der Waals surface area contributed by atoms with Crippen LogP contribution in [0, 0.1) is 0 Å². The number of thiazole rings is 1. The number of aromatic nitrogens is 12. The van der Waals surface area contributed by atoms with E-state index in [4.69, 9.17) is 23.4 Å². The van der Waals surface area contributed by atoms with E-state index < -0.39 is 0 Å². The third kappa shape index (κ3) is 16.8. The van der Waals surface area contributed by atoms with Crippen molar-refractivity contribution >= 4 is 78.0 Å². The molecule has 0 unspecified atom stereocenters. The summed E-state index contributed by atoms with van der Waals surface area (Å²) in [4.78, 5) is 77.3. The summed E-state index contributed by atoms with van der Waals surface area (Å²) in [5.41, 5.74) is 10.8. The molecule has 0 radical (unpaired) electrons. The minimum Gasteiger partial charge on any atom is -0.487 e. The topological polar surface area (TPSA) is 254 Å². The average molecular weight is 1530 g/mol. The third-order valence-corrected chi connectivity index (χ3v) is 20.7. The number of fused-ring (bicyclic) bond motifs is 8. The van der Waals surface area contributed by atoms with Crippen molar-refractivity contribution in [2.24, 2.45) is 0 Å². The van der Waals surface area contributed by atoms with Gasteiger partial charge in [0.1, 0.15) is 106 Å². The molecule has 20 rings (SSSR count). The molecule has 4 aliphatic heterocycles. The fourth-order valence-corrected chi connectivity index (χ4v) is 15.0. The van der Waals surface area contributed by atoms with Crippen molar-refractivity contribution in [1.29, 1.82) is 0 Å². The van der Waals surface area contributed by atoms with Gasteiger partial charge in [0.2, 0.25) is 5.89 Å². The lowest BCUT2D eigenvalue weighted by molar-refractivity contribution is 0.0664. The highest BCUT2D eigenvalue weighted by molar-refractivity contribution is 7.18. The SMILES string of the molecule is O=C1c2cc(COc3ccccc3)nn2CCN1Cc1cccc2cccnc12.O=C1c2cc(COc3ccccc3)nn2CCN1Cc1nc2ccccc2o1.O=C1c2cc(COc3ccccc3)nn2CCN1Cc1nc2ccccc2s1.O=C1c2cc(COc3ccccc3)nn2CCN1Cc1nccc2ccccc12. The van der Waals surface area contributed by atoms with Crippen LogP contribution in [0.3, 0.4) is 0 Å². The van der Waals surface area contributed by atoms with Crippen LogP contribution in [0.15, 0.2) is 272 Å². The van der Waals surface area contributed by atoms with Crippen LogP contribution in [0.25, 0.3) is 43.0 Å². The number of amides is 4. The largest absolute Gasteiger partial charge is 0.487 e. The molecule has 0 N–H and O–H groups in total. The summed E-state index contributed by atoms with van der Waals surface area (Å²) in [5.74, 6) is 3.55. The maximum absolute atomic E-state index is 13.0. The van der Waals surface area contributed by atoms with Crippen molar-refractivity contribution in [3.05, 3.63) is 335 Å². The Morgan fingerprint density at radius 3 is 1.27 bits per heavy atom. The zero-order valence-electron chi connectivity index (χ0n) is 62.0. The van der Waals surface area contributed by atoms with Gasteiger partial charge in [-0.05, 0) is 120 Å². The molecule has 8 aromatic carbocycles. The number of oxazole rings is 1. The number of benzene rings is 8. The Morgan fingerprint density at radius 2 is 0.772 bits per heavy atom. The van der Waals surface area contributed by atoms with Gasteiger partial charge >= 0.3 is 0 Å². The number of hydrogen-bond acceptors (Lipinski definition) is 18.